The van der Waals surface area contributed by atoms with Gasteiger partial charge in [0.2, 0.25) is 5.91 Å². The molecule has 0 aliphatic carbocycles. The third-order valence-electron chi connectivity index (χ3n) is 6.72. The molecule has 1 amide bonds. The molecule has 0 rings (SSSR count). The van der Waals surface area contributed by atoms with Crippen LogP contribution in [0.2, 0.25) is 0 Å². The molecule has 0 saturated heterocycles. The van der Waals surface area contributed by atoms with Crippen LogP contribution in [0.3, 0.4) is 0 Å². The first-order valence-corrected chi connectivity index (χ1v) is 17.2. The molecule has 0 heterocycles. The van der Waals surface area contributed by atoms with E-state index in [2.05, 4.69) is 19.2 Å². The second-order valence-corrected chi connectivity index (χ2v) is 12.6. The molecule has 4 atom stereocenters. The number of carbonyl (C=O) groups is 1. The van der Waals surface area contributed by atoms with Crippen LogP contribution in [0.1, 0.15) is 98.3 Å². The number of amides is 1. The summed E-state index contributed by atoms with van der Waals surface area (Å²) >= 11 is 0. The molecule has 10 nitrogen and oxygen atoms in total. The Kier molecular flexibility index (Phi) is 26.9. The van der Waals surface area contributed by atoms with Gasteiger partial charge in [0.25, 0.3) is 0 Å². The van der Waals surface area contributed by atoms with Crippen LogP contribution in [0.5, 0.6) is 0 Å². The van der Waals surface area contributed by atoms with Crippen molar-refractivity contribution in [2.75, 3.05) is 66.0 Å². The Balaban J connectivity index is 3.60. The van der Waals surface area contributed by atoms with Crippen molar-refractivity contribution >= 4 is 13.5 Å². The molecule has 0 aromatic carbocycles. The maximum absolute atomic E-state index is 12.6. The van der Waals surface area contributed by atoms with Gasteiger partial charge in [-0.15, -0.1) is 0 Å². The highest BCUT2D eigenvalue weighted by atomic mass is 31.2. The molecule has 0 bridgehead atoms. The van der Waals surface area contributed by atoms with Crippen LogP contribution in [-0.2, 0) is 32.8 Å². The highest BCUT2D eigenvalue weighted by Gasteiger charge is 2.27. The van der Waals surface area contributed by atoms with Crippen molar-refractivity contribution in [3.63, 3.8) is 0 Å². The Bertz CT molecular complexity index is 626. The van der Waals surface area contributed by atoms with E-state index in [1.54, 1.807) is 13.8 Å². The first kappa shape index (κ1) is 39.4. The van der Waals surface area contributed by atoms with E-state index >= 15 is 0 Å². The molecule has 3 N–H and O–H groups in total. The summed E-state index contributed by atoms with van der Waals surface area (Å²) in [5.41, 5.74) is -0.468. The van der Waals surface area contributed by atoms with Crippen molar-refractivity contribution in [2.24, 2.45) is 5.92 Å². The summed E-state index contributed by atoms with van der Waals surface area (Å²) in [4.78, 5) is 22.3. The summed E-state index contributed by atoms with van der Waals surface area (Å²) in [6.45, 7) is 11.3. The minimum Gasteiger partial charge on any atom is -0.388 e. The average Bonchev–Trinajstić information content (AvgIpc) is 2.94. The molecular weight excluding hydrogens is 537 g/mol. The average molecular weight is 598 g/mol. The number of aliphatic hydroxyl groups excluding tert-OH is 1. The van der Waals surface area contributed by atoms with E-state index in [9.17, 15) is 19.4 Å². The Labute approximate surface area is 243 Å². The molecule has 0 aromatic heterocycles. The Morgan fingerprint density at radius 1 is 0.750 bits per heavy atom. The lowest BCUT2D eigenvalue weighted by atomic mass is 9.94. The largest absolute Gasteiger partial charge is 0.388 e. The highest BCUT2D eigenvalue weighted by Crippen LogP contribution is 2.48. The Morgan fingerprint density at radius 3 is 1.90 bits per heavy atom. The topological polar surface area (TPSA) is 133 Å². The van der Waals surface area contributed by atoms with E-state index < -0.39 is 19.4 Å². The van der Waals surface area contributed by atoms with E-state index in [1.807, 2.05) is 0 Å². The van der Waals surface area contributed by atoms with Crippen LogP contribution in [0, 0.1) is 5.92 Å². The molecule has 40 heavy (non-hydrogen) atoms. The summed E-state index contributed by atoms with van der Waals surface area (Å²) in [6.07, 6.45) is 10.7. The van der Waals surface area contributed by atoms with E-state index in [-0.39, 0.29) is 31.6 Å². The Morgan fingerprint density at radius 2 is 1.30 bits per heavy atom. The Hall–Kier alpha value is -0.580. The smallest absolute Gasteiger partial charge is 0.330 e. The molecule has 0 radical (unpaired) electrons. The van der Waals surface area contributed by atoms with Crippen molar-refractivity contribution in [2.45, 2.75) is 110 Å². The SMILES string of the molecule is CCCCCCCC(CCCC)C(=O)NCCCOCCOCCOCCOCC(O)COP(=O)(O)C(C)CC. The van der Waals surface area contributed by atoms with Gasteiger partial charge in [-0.3, -0.25) is 9.36 Å². The van der Waals surface area contributed by atoms with Gasteiger partial charge in [0, 0.05) is 19.1 Å². The monoisotopic (exact) mass is 597 g/mol. The molecule has 0 aliphatic heterocycles. The van der Waals surface area contributed by atoms with Crippen LogP contribution in [0.4, 0.5) is 0 Å². The van der Waals surface area contributed by atoms with E-state index in [4.69, 9.17) is 23.5 Å². The fraction of sp³-hybridized carbons (Fsp3) is 0.966. The van der Waals surface area contributed by atoms with Gasteiger partial charge in [0.1, 0.15) is 6.10 Å². The van der Waals surface area contributed by atoms with Crippen LogP contribution in [0.15, 0.2) is 0 Å². The number of nitrogens with one attached hydrogen (secondary N) is 1. The van der Waals surface area contributed by atoms with Gasteiger partial charge in [-0.05, 0) is 25.7 Å². The fourth-order valence-electron chi connectivity index (χ4n) is 3.86. The predicted octanol–water partition coefficient (Wildman–Crippen LogP) is 5.09. The number of aliphatic hydroxyl groups is 1. The van der Waals surface area contributed by atoms with Gasteiger partial charge >= 0.3 is 7.60 Å². The van der Waals surface area contributed by atoms with Gasteiger partial charge in [-0.25, -0.2) is 0 Å². The van der Waals surface area contributed by atoms with Crippen molar-refractivity contribution in [3.8, 4) is 0 Å². The lowest BCUT2D eigenvalue weighted by Gasteiger charge is -2.19. The van der Waals surface area contributed by atoms with E-state index in [0.717, 1.165) is 38.5 Å². The number of carbonyl (C=O) groups excluding carboxylic acids is 1. The summed E-state index contributed by atoms with van der Waals surface area (Å²) in [6, 6.07) is 0. The van der Waals surface area contributed by atoms with Crippen molar-refractivity contribution < 1.29 is 42.8 Å². The number of rotatable bonds is 30. The minimum absolute atomic E-state index is 0.0000510. The standard InChI is InChI=1S/C29H60NO9P/c1-5-8-10-11-12-15-27(14-9-6-2)29(32)30-16-13-17-35-18-19-36-20-21-37-22-23-38-24-28(31)25-39-40(33,34)26(4)7-3/h26-28,31H,5-25H2,1-4H3,(H,30,32)(H,33,34). The number of hydrogen-bond donors (Lipinski definition) is 3. The normalized spacial score (nSPS) is 15.4. The van der Waals surface area contributed by atoms with Crippen molar-refractivity contribution in [3.05, 3.63) is 0 Å². The molecule has 0 aliphatic rings. The number of hydrogen-bond acceptors (Lipinski definition) is 8. The van der Waals surface area contributed by atoms with Crippen LogP contribution >= 0.6 is 7.60 Å². The van der Waals surface area contributed by atoms with Crippen molar-refractivity contribution in [1.29, 1.82) is 0 Å². The van der Waals surface area contributed by atoms with E-state index in [1.165, 1.54) is 25.7 Å². The van der Waals surface area contributed by atoms with E-state index in [0.29, 0.717) is 52.6 Å². The van der Waals surface area contributed by atoms with Crippen LogP contribution in [-0.4, -0.2) is 93.7 Å². The zero-order chi connectivity index (χ0) is 29.9. The van der Waals surface area contributed by atoms with Crippen molar-refractivity contribution in [1.82, 2.24) is 5.32 Å². The zero-order valence-electron chi connectivity index (χ0n) is 25.8. The van der Waals surface area contributed by atoms with Gasteiger partial charge in [0.05, 0.1) is 58.5 Å². The van der Waals surface area contributed by atoms with Gasteiger partial charge in [-0.2, -0.15) is 0 Å². The third-order valence-corrected chi connectivity index (χ3v) is 8.72. The van der Waals surface area contributed by atoms with Gasteiger partial charge < -0.3 is 38.8 Å². The summed E-state index contributed by atoms with van der Waals surface area (Å²) in [7, 11) is -3.71. The lowest BCUT2D eigenvalue weighted by Crippen LogP contribution is -2.32. The second-order valence-electron chi connectivity index (χ2n) is 10.4. The molecule has 11 heteroatoms. The first-order valence-electron chi connectivity index (χ1n) is 15.5. The molecule has 0 aromatic rings. The summed E-state index contributed by atoms with van der Waals surface area (Å²) in [5.74, 6) is 0.331. The second kappa shape index (κ2) is 27.3. The van der Waals surface area contributed by atoms with Crippen LogP contribution < -0.4 is 5.32 Å². The van der Waals surface area contributed by atoms with Gasteiger partial charge in [0.15, 0.2) is 0 Å². The lowest BCUT2D eigenvalue weighted by molar-refractivity contribution is -0.125. The van der Waals surface area contributed by atoms with Gasteiger partial charge in [-0.1, -0.05) is 72.6 Å². The quantitative estimate of drug-likeness (QED) is 0.0765. The molecule has 240 valence electrons. The molecular formula is C29H60NO9P. The molecule has 0 saturated carbocycles. The first-order chi connectivity index (χ1) is 19.3. The molecule has 4 unspecified atom stereocenters. The van der Waals surface area contributed by atoms with Crippen LogP contribution in [0.25, 0.3) is 0 Å². The highest BCUT2D eigenvalue weighted by molar-refractivity contribution is 7.53. The maximum atomic E-state index is 12.6. The molecule has 0 fully saturated rings. The molecule has 0 spiro atoms. The number of unbranched alkanes of at least 4 members (excludes halogenated alkanes) is 5. The maximum Gasteiger partial charge on any atom is 0.330 e. The minimum atomic E-state index is -3.71. The predicted molar refractivity (Wildman–Crippen MR) is 159 cm³/mol. The number of ether oxygens (including phenoxy) is 4. The summed E-state index contributed by atoms with van der Waals surface area (Å²) < 4.78 is 38.6. The summed E-state index contributed by atoms with van der Waals surface area (Å²) in [5, 5.41) is 12.9. The fourth-order valence-corrected chi connectivity index (χ4v) is 4.96. The third kappa shape index (κ3) is 23.0. The zero-order valence-corrected chi connectivity index (χ0v) is 26.7.